The topological polar surface area (TPSA) is 51.0 Å². The quantitative estimate of drug-likeness (QED) is 0.641. The van der Waals surface area contributed by atoms with Crippen molar-refractivity contribution in [3.63, 3.8) is 0 Å². The monoisotopic (exact) mass is 280 g/mol. The van der Waals surface area contributed by atoms with Gasteiger partial charge >= 0.3 is 0 Å². The maximum atomic E-state index is 12.7. The number of hydrogen-bond donors (Lipinski definition) is 0. The number of benzene rings is 2. The highest BCUT2D eigenvalue weighted by Gasteiger charge is 2.22. The molecule has 1 heterocycles. The van der Waals surface area contributed by atoms with E-state index in [0.717, 1.165) is 25.8 Å². The number of fused-ring (bicyclic) bond motifs is 1. The Hall–Kier alpha value is -2.62. The number of aromatic nitrogens is 2. The Morgan fingerprint density at radius 2 is 1.67 bits per heavy atom. The lowest BCUT2D eigenvalue weighted by Crippen LogP contribution is -2.24. The van der Waals surface area contributed by atoms with Crippen LogP contribution in [0, 0.1) is 30.9 Å². The van der Waals surface area contributed by atoms with E-state index >= 15 is 0 Å². The first kappa shape index (κ1) is 13.4. The minimum absolute atomic E-state index is 0.401. The first-order chi connectivity index (χ1) is 10.0. The van der Waals surface area contributed by atoms with Gasteiger partial charge in [0.2, 0.25) is 0 Å². The Morgan fingerprint density at radius 3 is 2.33 bits per heavy atom. The Kier molecular flexibility index (Phi) is 3.01. The second-order valence-corrected chi connectivity index (χ2v) is 5.26. The molecule has 0 aliphatic rings. The van der Waals surface area contributed by atoms with Crippen LogP contribution in [0.15, 0.2) is 42.5 Å². The minimum Gasteiger partial charge on any atom is -0.805 e. The first-order valence-corrected chi connectivity index (χ1v) is 6.83. The van der Waals surface area contributed by atoms with Crippen LogP contribution in [0.3, 0.4) is 0 Å². The van der Waals surface area contributed by atoms with Gasteiger partial charge in [0.1, 0.15) is 5.52 Å². The highest BCUT2D eigenvalue weighted by Crippen LogP contribution is 2.25. The molecule has 0 N–H and O–H groups in total. The molecule has 0 amide bonds. The van der Waals surface area contributed by atoms with Crippen molar-refractivity contribution in [1.82, 2.24) is 4.73 Å². The zero-order valence-corrected chi connectivity index (χ0v) is 12.3. The molecule has 4 nitrogen and oxygen atoms in total. The van der Waals surface area contributed by atoms with Gasteiger partial charge in [-0.1, -0.05) is 24.3 Å². The Morgan fingerprint density at radius 1 is 1.00 bits per heavy atom. The third-order valence-electron chi connectivity index (χ3n) is 4.00. The molecule has 0 unspecified atom stereocenters. The first-order valence-electron chi connectivity index (χ1n) is 6.83. The smallest absolute Gasteiger partial charge is 0.289 e. The average molecular weight is 280 g/mol. The molecule has 0 aliphatic heterocycles. The van der Waals surface area contributed by atoms with Crippen molar-refractivity contribution in [2.24, 2.45) is 0 Å². The van der Waals surface area contributed by atoms with Gasteiger partial charge < -0.3 is 9.94 Å². The van der Waals surface area contributed by atoms with Crippen molar-refractivity contribution < 1.29 is 4.43 Å². The number of aryl methyl sites for hydroxylation is 2. The lowest BCUT2D eigenvalue weighted by atomic mass is 10.1. The van der Waals surface area contributed by atoms with Crippen molar-refractivity contribution in [3.8, 4) is 11.3 Å². The van der Waals surface area contributed by atoms with Crippen LogP contribution < -0.4 is 4.43 Å². The summed E-state index contributed by atoms with van der Waals surface area (Å²) in [6, 6.07) is 12.9. The molecular formula is C17H16N2O2. The number of rotatable bonds is 1. The van der Waals surface area contributed by atoms with E-state index in [1.54, 1.807) is 13.0 Å². The normalized spacial score (nSPS) is 11.0. The zero-order valence-electron chi connectivity index (χ0n) is 12.3. The van der Waals surface area contributed by atoms with Crippen LogP contribution in [-0.4, -0.2) is 4.73 Å². The van der Waals surface area contributed by atoms with Crippen LogP contribution in [0.4, 0.5) is 0 Å². The van der Waals surface area contributed by atoms with Gasteiger partial charge in [-0.25, -0.2) is 0 Å². The van der Waals surface area contributed by atoms with Gasteiger partial charge in [0.05, 0.1) is 15.7 Å². The lowest BCUT2D eigenvalue weighted by Gasteiger charge is -2.18. The van der Waals surface area contributed by atoms with Crippen LogP contribution in [0.5, 0.6) is 0 Å². The third kappa shape index (κ3) is 1.91. The van der Waals surface area contributed by atoms with Crippen molar-refractivity contribution in [2.45, 2.75) is 20.8 Å². The van der Waals surface area contributed by atoms with Gasteiger partial charge in [-0.15, -0.1) is 0 Å². The molecule has 0 atom stereocenters. The predicted molar refractivity (Wildman–Crippen MR) is 83.7 cm³/mol. The van der Waals surface area contributed by atoms with Crippen LogP contribution in [0.25, 0.3) is 22.3 Å². The van der Waals surface area contributed by atoms with Crippen molar-refractivity contribution in [1.29, 1.82) is 0 Å². The second kappa shape index (κ2) is 4.74. The molecule has 21 heavy (non-hydrogen) atoms. The van der Waals surface area contributed by atoms with Gasteiger partial charge in [0, 0.05) is 11.0 Å². The van der Waals surface area contributed by atoms with E-state index in [0.29, 0.717) is 22.4 Å². The second-order valence-electron chi connectivity index (χ2n) is 5.26. The van der Waals surface area contributed by atoms with Gasteiger partial charge in [-0.2, -0.15) is 0 Å². The van der Waals surface area contributed by atoms with E-state index in [9.17, 15) is 10.1 Å². The lowest BCUT2D eigenvalue weighted by molar-refractivity contribution is -0.452. The molecule has 0 saturated heterocycles. The van der Waals surface area contributed by atoms with Crippen molar-refractivity contribution in [3.05, 3.63) is 69.4 Å². The molecule has 4 heteroatoms. The molecular weight excluding hydrogens is 264 g/mol. The fraction of sp³-hybridized carbons (Fsp3) is 0.176. The molecule has 0 saturated carbocycles. The largest absolute Gasteiger partial charge is 0.805 e. The fourth-order valence-electron chi connectivity index (χ4n) is 2.66. The Labute approximate surface area is 122 Å². The maximum absolute atomic E-state index is 12.7. The van der Waals surface area contributed by atoms with E-state index < -0.39 is 0 Å². The highest BCUT2D eigenvalue weighted by atomic mass is 16.5. The van der Waals surface area contributed by atoms with E-state index in [4.69, 9.17) is 0 Å². The van der Waals surface area contributed by atoms with E-state index in [2.05, 4.69) is 0 Å². The molecule has 106 valence electrons. The summed E-state index contributed by atoms with van der Waals surface area (Å²) >= 11 is 0. The zero-order chi connectivity index (χ0) is 15.1. The summed E-state index contributed by atoms with van der Waals surface area (Å²) in [6.07, 6.45) is 0. The molecule has 0 radical (unpaired) electrons. The highest BCUT2D eigenvalue weighted by molar-refractivity contribution is 5.79. The maximum Gasteiger partial charge on any atom is 0.289 e. The minimum atomic E-state index is 0.401. The molecule has 0 aliphatic carbocycles. The van der Waals surface area contributed by atoms with Gasteiger partial charge in [-0.05, 0) is 44.0 Å². The Balaban J connectivity index is 2.51. The molecule has 1 aromatic heterocycles. The SMILES string of the molecule is Cc1ccc2c(c1C)n([O-])c(C)c(-c1ccccc1)[n+]2=O. The summed E-state index contributed by atoms with van der Waals surface area (Å²) in [6.45, 7) is 5.49. The average Bonchev–Trinajstić information content (AvgIpc) is 2.49. The van der Waals surface area contributed by atoms with E-state index in [1.807, 2.05) is 50.2 Å². The summed E-state index contributed by atoms with van der Waals surface area (Å²) in [5, 5.41) is 12.6. The van der Waals surface area contributed by atoms with Crippen molar-refractivity contribution in [2.75, 3.05) is 0 Å². The van der Waals surface area contributed by atoms with Crippen LogP contribution in [0.1, 0.15) is 16.8 Å². The van der Waals surface area contributed by atoms with E-state index in [-0.39, 0.29) is 0 Å². The molecule has 0 fully saturated rings. The molecule has 0 bridgehead atoms. The predicted octanol–water partition coefficient (Wildman–Crippen LogP) is 3.49. The van der Waals surface area contributed by atoms with Crippen LogP contribution in [0.2, 0.25) is 0 Å². The third-order valence-corrected chi connectivity index (χ3v) is 4.00. The summed E-state index contributed by atoms with van der Waals surface area (Å²) in [5.74, 6) is 0. The number of nitrogens with zero attached hydrogens (tertiary/aromatic N) is 2. The van der Waals surface area contributed by atoms with E-state index in [1.165, 1.54) is 0 Å². The molecule has 3 rings (SSSR count). The van der Waals surface area contributed by atoms with Crippen LogP contribution in [-0.2, 0) is 0 Å². The Bertz CT molecular complexity index is 896. The molecule has 0 spiro atoms. The summed E-state index contributed by atoms with van der Waals surface area (Å²) in [4.78, 5) is 12.7. The standard InChI is InChI=1S/C17H16N2O2/c1-11-9-10-15-16(12(11)2)18(20)13(3)17(19(15)21)14-7-5-4-6-8-14/h4-10H,1-3H3. The van der Waals surface area contributed by atoms with Crippen LogP contribution >= 0.6 is 0 Å². The molecule has 2 aromatic carbocycles. The van der Waals surface area contributed by atoms with Gasteiger partial charge in [0.25, 0.3) is 11.2 Å². The summed E-state index contributed by atoms with van der Waals surface area (Å²) in [7, 11) is 0. The van der Waals surface area contributed by atoms with Gasteiger partial charge in [0.15, 0.2) is 0 Å². The number of hydrogen-bond acceptors (Lipinski definition) is 2. The summed E-state index contributed by atoms with van der Waals surface area (Å²) in [5.41, 5.74) is 4.25. The van der Waals surface area contributed by atoms with Crippen molar-refractivity contribution >= 4 is 11.0 Å². The van der Waals surface area contributed by atoms with Gasteiger partial charge in [-0.3, -0.25) is 0 Å². The summed E-state index contributed by atoms with van der Waals surface area (Å²) < 4.78 is 1.73. The fourth-order valence-corrected chi connectivity index (χ4v) is 2.66. The molecule has 3 aromatic rings.